The SMILES string of the molecule is CC1CCN(C(=O)CC2CCCN2C)CC1. The van der Waals surface area contributed by atoms with E-state index in [4.69, 9.17) is 0 Å². The van der Waals surface area contributed by atoms with Gasteiger partial charge in [0.1, 0.15) is 0 Å². The fourth-order valence-electron chi connectivity index (χ4n) is 2.83. The standard InChI is InChI=1S/C13H24N2O/c1-11-5-8-15(9-6-11)13(16)10-12-4-3-7-14(12)2/h11-12H,3-10H2,1-2H3. The molecule has 0 aromatic rings. The number of carbonyl (C=O) groups excluding carboxylic acids is 1. The van der Waals surface area contributed by atoms with Crippen LogP contribution in [0.15, 0.2) is 0 Å². The molecule has 0 aromatic carbocycles. The molecule has 0 spiro atoms. The Morgan fingerprint density at radius 2 is 1.88 bits per heavy atom. The number of hydrogen-bond donors (Lipinski definition) is 0. The quantitative estimate of drug-likeness (QED) is 0.713. The maximum absolute atomic E-state index is 12.1. The van der Waals surface area contributed by atoms with Crippen LogP contribution in [0.3, 0.4) is 0 Å². The molecule has 0 bridgehead atoms. The number of piperidine rings is 1. The first-order valence-electron chi connectivity index (χ1n) is 6.65. The number of nitrogens with zero attached hydrogens (tertiary/aromatic N) is 2. The minimum absolute atomic E-state index is 0.380. The maximum atomic E-state index is 12.1. The van der Waals surface area contributed by atoms with Gasteiger partial charge in [0.05, 0.1) is 0 Å². The molecule has 2 heterocycles. The van der Waals surface area contributed by atoms with E-state index in [9.17, 15) is 4.79 Å². The zero-order valence-corrected chi connectivity index (χ0v) is 10.6. The Kier molecular flexibility index (Phi) is 3.85. The molecule has 0 aromatic heterocycles. The van der Waals surface area contributed by atoms with E-state index >= 15 is 0 Å². The van der Waals surface area contributed by atoms with E-state index in [1.165, 1.54) is 25.7 Å². The number of amides is 1. The molecule has 1 amide bonds. The van der Waals surface area contributed by atoms with Gasteiger partial charge in [-0.15, -0.1) is 0 Å². The average molecular weight is 224 g/mol. The summed E-state index contributed by atoms with van der Waals surface area (Å²) in [5.74, 6) is 1.18. The van der Waals surface area contributed by atoms with Crippen LogP contribution in [-0.4, -0.2) is 48.4 Å². The Hall–Kier alpha value is -0.570. The molecule has 2 aliphatic rings. The van der Waals surface area contributed by atoms with Crippen LogP contribution in [0.5, 0.6) is 0 Å². The number of rotatable bonds is 2. The van der Waals surface area contributed by atoms with Crippen LogP contribution in [0.4, 0.5) is 0 Å². The third-order valence-corrected chi connectivity index (χ3v) is 4.22. The third kappa shape index (κ3) is 2.76. The van der Waals surface area contributed by atoms with E-state index < -0.39 is 0 Å². The van der Waals surface area contributed by atoms with Crippen LogP contribution < -0.4 is 0 Å². The van der Waals surface area contributed by atoms with Crippen molar-refractivity contribution in [3.8, 4) is 0 Å². The van der Waals surface area contributed by atoms with Crippen molar-refractivity contribution in [3.63, 3.8) is 0 Å². The number of carbonyl (C=O) groups is 1. The van der Waals surface area contributed by atoms with Crippen LogP contribution in [-0.2, 0) is 4.79 Å². The Morgan fingerprint density at radius 3 is 2.44 bits per heavy atom. The van der Waals surface area contributed by atoms with Crippen molar-refractivity contribution in [1.29, 1.82) is 0 Å². The van der Waals surface area contributed by atoms with Gasteiger partial charge in [-0.25, -0.2) is 0 Å². The van der Waals surface area contributed by atoms with Crippen molar-refractivity contribution in [2.45, 2.75) is 45.1 Å². The van der Waals surface area contributed by atoms with E-state index in [2.05, 4.69) is 23.8 Å². The number of hydrogen-bond acceptors (Lipinski definition) is 2. The van der Waals surface area contributed by atoms with Crippen LogP contribution >= 0.6 is 0 Å². The van der Waals surface area contributed by atoms with Crippen molar-refractivity contribution in [2.24, 2.45) is 5.92 Å². The van der Waals surface area contributed by atoms with Crippen molar-refractivity contribution < 1.29 is 4.79 Å². The highest BCUT2D eigenvalue weighted by Crippen LogP contribution is 2.21. The third-order valence-electron chi connectivity index (χ3n) is 4.22. The zero-order valence-electron chi connectivity index (χ0n) is 10.6. The lowest BCUT2D eigenvalue weighted by atomic mass is 9.98. The van der Waals surface area contributed by atoms with Crippen LogP contribution in [0, 0.1) is 5.92 Å². The van der Waals surface area contributed by atoms with Crippen LogP contribution in [0.1, 0.15) is 39.0 Å². The minimum Gasteiger partial charge on any atom is -0.343 e. The smallest absolute Gasteiger partial charge is 0.224 e. The van der Waals surface area contributed by atoms with E-state index in [1.807, 2.05) is 0 Å². The molecule has 16 heavy (non-hydrogen) atoms. The molecular weight excluding hydrogens is 200 g/mol. The zero-order chi connectivity index (χ0) is 11.5. The van der Waals surface area contributed by atoms with E-state index in [-0.39, 0.29) is 0 Å². The van der Waals surface area contributed by atoms with Crippen molar-refractivity contribution in [2.75, 3.05) is 26.7 Å². The van der Waals surface area contributed by atoms with E-state index in [0.29, 0.717) is 11.9 Å². The van der Waals surface area contributed by atoms with Gasteiger partial charge in [-0.2, -0.15) is 0 Å². The van der Waals surface area contributed by atoms with E-state index in [0.717, 1.165) is 32.0 Å². The van der Waals surface area contributed by atoms with Gasteiger partial charge in [0, 0.05) is 25.6 Å². The summed E-state index contributed by atoms with van der Waals surface area (Å²) in [4.78, 5) is 16.5. The summed E-state index contributed by atoms with van der Waals surface area (Å²) in [7, 11) is 2.14. The molecule has 0 radical (unpaired) electrons. The molecule has 0 N–H and O–H groups in total. The van der Waals surface area contributed by atoms with Gasteiger partial charge in [-0.1, -0.05) is 6.92 Å². The molecule has 3 heteroatoms. The summed E-state index contributed by atoms with van der Waals surface area (Å²) in [5, 5.41) is 0. The summed E-state index contributed by atoms with van der Waals surface area (Å²) in [6.07, 6.45) is 5.57. The molecule has 2 saturated heterocycles. The highest BCUT2D eigenvalue weighted by molar-refractivity contribution is 5.77. The fourth-order valence-corrected chi connectivity index (χ4v) is 2.83. The van der Waals surface area contributed by atoms with Gasteiger partial charge < -0.3 is 9.80 Å². The van der Waals surface area contributed by atoms with Crippen LogP contribution in [0.25, 0.3) is 0 Å². The first-order valence-corrected chi connectivity index (χ1v) is 6.65. The molecule has 2 aliphatic heterocycles. The Balaban J connectivity index is 1.79. The van der Waals surface area contributed by atoms with E-state index in [1.54, 1.807) is 0 Å². The van der Waals surface area contributed by atoms with Crippen molar-refractivity contribution in [1.82, 2.24) is 9.80 Å². The van der Waals surface area contributed by atoms with Gasteiger partial charge in [0.25, 0.3) is 0 Å². The predicted molar refractivity (Wildman–Crippen MR) is 65.2 cm³/mol. The van der Waals surface area contributed by atoms with Gasteiger partial charge in [-0.05, 0) is 45.2 Å². The Morgan fingerprint density at radius 1 is 1.19 bits per heavy atom. The lowest BCUT2D eigenvalue weighted by molar-refractivity contribution is -0.133. The summed E-state index contributed by atoms with van der Waals surface area (Å²) < 4.78 is 0. The summed E-state index contributed by atoms with van der Waals surface area (Å²) in [6.45, 7) is 5.41. The van der Waals surface area contributed by atoms with Gasteiger partial charge in [0.2, 0.25) is 5.91 Å². The predicted octanol–water partition coefficient (Wildman–Crippen LogP) is 1.73. The Labute approximate surface area is 98.8 Å². The average Bonchev–Trinajstić information content (AvgIpc) is 2.65. The first-order chi connectivity index (χ1) is 7.66. The monoisotopic (exact) mass is 224 g/mol. The molecule has 92 valence electrons. The topological polar surface area (TPSA) is 23.6 Å². The lowest BCUT2D eigenvalue weighted by Crippen LogP contribution is -2.40. The molecular formula is C13H24N2O. The molecule has 0 aliphatic carbocycles. The van der Waals surface area contributed by atoms with Gasteiger partial charge in [-0.3, -0.25) is 4.79 Å². The normalized spacial score (nSPS) is 28.6. The van der Waals surface area contributed by atoms with Crippen LogP contribution in [0.2, 0.25) is 0 Å². The summed E-state index contributed by atoms with van der Waals surface area (Å²) in [5.41, 5.74) is 0. The van der Waals surface area contributed by atoms with Crippen molar-refractivity contribution >= 4 is 5.91 Å². The van der Waals surface area contributed by atoms with Gasteiger partial charge >= 0.3 is 0 Å². The Bertz CT molecular complexity index is 246. The fraction of sp³-hybridized carbons (Fsp3) is 0.923. The molecule has 1 unspecified atom stereocenters. The van der Waals surface area contributed by atoms with Crippen molar-refractivity contribution in [3.05, 3.63) is 0 Å². The maximum Gasteiger partial charge on any atom is 0.224 e. The second-order valence-corrected chi connectivity index (χ2v) is 5.54. The molecule has 3 nitrogen and oxygen atoms in total. The largest absolute Gasteiger partial charge is 0.343 e. The second-order valence-electron chi connectivity index (χ2n) is 5.54. The lowest BCUT2D eigenvalue weighted by Gasteiger charge is -2.31. The minimum atomic E-state index is 0.380. The molecule has 2 rings (SSSR count). The molecule has 2 fully saturated rings. The summed E-state index contributed by atoms with van der Waals surface area (Å²) in [6, 6.07) is 0.506. The molecule has 1 atom stereocenters. The number of likely N-dealkylation sites (tertiary alicyclic amines) is 2. The summed E-state index contributed by atoms with van der Waals surface area (Å²) >= 11 is 0. The van der Waals surface area contributed by atoms with Gasteiger partial charge in [0.15, 0.2) is 0 Å². The molecule has 0 saturated carbocycles. The first kappa shape index (κ1) is 11.9. The highest BCUT2D eigenvalue weighted by atomic mass is 16.2. The second kappa shape index (κ2) is 5.17. The highest BCUT2D eigenvalue weighted by Gasteiger charge is 2.27.